The Hall–Kier alpha value is -2.63. The van der Waals surface area contributed by atoms with Crippen molar-refractivity contribution >= 4 is 39.0 Å². The summed E-state index contributed by atoms with van der Waals surface area (Å²) in [4.78, 5) is 24.4. The van der Waals surface area contributed by atoms with Crippen LogP contribution in [0.5, 0.6) is 0 Å². The van der Waals surface area contributed by atoms with Gasteiger partial charge in [-0.15, -0.1) is 0 Å². The second-order valence-corrected chi connectivity index (χ2v) is 11.4. The van der Waals surface area contributed by atoms with Crippen LogP contribution in [0.3, 0.4) is 0 Å². The Labute approximate surface area is 204 Å². The quantitative estimate of drug-likeness (QED) is 0.448. The maximum Gasteiger partial charge on any atom is 0.337 e. The van der Waals surface area contributed by atoms with Crippen LogP contribution in [0.2, 0.25) is 5.02 Å². The molecular formula is C23H21ClF3NO6S. The molecule has 2 saturated carbocycles. The molecule has 188 valence electrons. The number of carbonyl (C=O) groups is 2. The number of sulfone groups is 1. The van der Waals surface area contributed by atoms with E-state index < -0.39 is 61.9 Å². The lowest BCUT2D eigenvalue weighted by Gasteiger charge is -2.38. The molecule has 0 spiro atoms. The summed E-state index contributed by atoms with van der Waals surface area (Å²) in [7, 11) is -2.96. The van der Waals surface area contributed by atoms with Gasteiger partial charge < -0.3 is 15.2 Å². The fraction of sp³-hybridized carbons (Fsp3) is 0.391. The summed E-state index contributed by atoms with van der Waals surface area (Å²) >= 11 is 6.19. The van der Waals surface area contributed by atoms with E-state index in [0.29, 0.717) is 25.0 Å². The SMILES string of the molecule is COC(=O)C1(O)CC2CC[C@@H](C1)C2S(=O)(=O)c1cc(C(=O)Nc2cc(F)c(F)c(F)c2)ccc1Cl. The third-order valence-electron chi connectivity index (χ3n) is 6.70. The molecule has 35 heavy (non-hydrogen) atoms. The van der Waals surface area contributed by atoms with Gasteiger partial charge in [0.1, 0.15) is 0 Å². The second-order valence-electron chi connectivity index (χ2n) is 8.89. The maximum absolute atomic E-state index is 13.6. The van der Waals surface area contributed by atoms with Crippen molar-refractivity contribution in [3.05, 3.63) is 58.4 Å². The summed E-state index contributed by atoms with van der Waals surface area (Å²) in [6, 6.07) is 4.69. The van der Waals surface area contributed by atoms with Gasteiger partial charge in [-0.05, 0) is 55.7 Å². The Bertz CT molecular complexity index is 1280. The van der Waals surface area contributed by atoms with Gasteiger partial charge in [0.05, 0.1) is 22.3 Å². The number of carbonyl (C=O) groups excluding carboxylic acids is 2. The fourth-order valence-corrected chi connectivity index (χ4v) is 8.07. The number of benzene rings is 2. The minimum atomic E-state index is -4.10. The van der Waals surface area contributed by atoms with Crippen molar-refractivity contribution in [2.24, 2.45) is 11.8 Å². The molecule has 2 aromatic carbocycles. The number of hydrogen-bond donors (Lipinski definition) is 2. The van der Waals surface area contributed by atoms with Crippen molar-refractivity contribution in [1.29, 1.82) is 0 Å². The molecule has 7 nitrogen and oxygen atoms in total. The van der Waals surface area contributed by atoms with E-state index in [9.17, 15) is 36.3 Å². The van der Waals surface area contributed by atoms with Gasteiger partial charge in [-0.25, -0.2) is 26.4 Å². The molecule has 0 saturated heterocycles. The lowest BCUT2D eigenvalue weighted by molar-refractivity contribution is -0.168. The monoisotopic (exact) mass is 531 g/mol. The smallest absolute Gasteiger partial charge is 0.337 e. The number of hydrogen-bond acceptors (Lipinski definition) is 6. The van der Waals surface area contributed by atoms with Crippen molar-refractivity contribution < 1.29 is 41.0 Å². The molecule has 0 aromatic heterocycles. The van der Waals surface area contributed by atoms with Crippen molar-refractivity contribution in [3.8, 4) is 0 Å². The number of aliphatic hydroxyl groups is 1. The minimum absolute atomic E-state index is 0.0838. The zero-order valence-electron chi connectivity index (χ0n) is 18.4. The number of methoxy groups -OCH3 is 1. The third-order valence-corrected chi connectivity index (χ3v) is 9.58. The zero-order valence-corrected chi connectivity index (χ0v) is 19.9. The summed E-state index contributed by atoms with van der Waals surface area (Å²) in [5, 5.41) is 11.9. The van der Waals surface area contributed by atoms with Gasteiger partial charge in [0, 0.05) is 23.4 Å². The van der Waals surface area contributed by atoms with E-state index in [2.05, 4.69) is 10.1 Å². The molecule has 2 aliphatic rings. The maximum atomic E-state index is 13.6. The topological polar surface area (TPSA) is 110 Å². The molecular weight excluding hydrogens is 511 g/mol. The van der Waals surface area contributed by atoms with Crippen molar-refractivity contribution in [1.82, 2.24) is 0 Å². The number of esters is 1. The molecule has 2 fully saturated rings. The number of ether oxygens (including phenoxy) is 1. The first-order valence-electron chi connectivity index (χ1n) is 10.7. The van der Waals surface area contributed by atoms with E-state index in [-0.39, 0.29) is 34.0 Å². The standard InChI is InChI=1S/C23H21ClF3NO6S/c1-34-22(30)23(31)9-12-2-3-13(10-23)20(12)35(32,33)18-6-11(4-5-15(18)24)21(29)28-14-7-16(25)19(27)17(26)8-14/h4-8,12-13,20,31H,2-3,9-10H2,1H3,(H,28,29)/t12-,13?,20?,23?/m0/s1. The zero-order chi connectivity index (χ0) is 25.7. The Kier molecular flexibility index (Phi) is 6.62. The van der Waals surface area contributed by atoms with Crippen LogP contribution in [0.4, 0.5) is 18.9 Å². The van der Waals surface area contributed by atoms with Crippen LogP contribution in [0.15, 0.2) is 35.2 Å². The van der Waals surface area contributed by atoms with Gasteiger partial charge in [-0.1, -0.05) is 11.6 Å². The molecule has 12 heteroatoms. The van der Waals surface area contributed by atoms with Crippen LogP contribution in [0.25, 0.3) is 0 Å². The van der Waals surface area contributed by atoms with Crippen LogP contribution in [-0.4, -0.2) is 43.4 Å². The number of amides is 1. The summed E-state index contributed by atoms with van der Waals surface area (Å²) < 4.78 is 72.0. The number of anilines is 1. The second kappa shape index (κ2) is 9.11. The molecule has 2 bridgehead atoms. The Balaban J connectivity index is 1.62. The number of halogens is 4. The number of nitrogens with one attached hydrogen (secondary N) is 1. The van der Waals surface area contributed by atoms with E-state index in [1.807, 2.05) is 0 Å². The predicted molar refractivity (Wildman–Crippen MR) is 119 cm³/mol. The van der Waals surface area contributed by atoms with Gasteiger partial charge in [-0.3, -0.25) is 4.79 Å². The first-order chi connectivity index (χ1) is 16.4. The van der Waals surface area contributed by atoms with E-state index in [0.717, 1.165) is 13.2 Å². The summed E-state index contributed by atoms with van der Waals surface area (Å²) in [6.45, 7) is 0. The van der Waals surface area contributed by atoms with E-state index >= 15 is 0 Å². The van der Waals surface area contributed by atoms with Crippen molar-refractivity contribution in [2.45, 2.75) is 41.4 Å². The molecule has 0 heterocycles. The Morgan fingerprint density at radius 2 is 1.66 bits per heavy atom. The third kappa shape index (κ3) is 4.52. The van der Waals surface area contributed by atoms with Gasteiger partial charge >= 0.3 is 5.97 Å². The average Bonchev–Trinajstić information content (AvgIpc) is 3.09. The lowest BCUT2D eigenvalue weighted by atomic mass is 9.77. The summed E-state index contributed by atoms with van der Waals surface area (Å²) in [6.07, 6.45) is 0.792. The van der Waals surface area contributed by atoms with Gasteiger partial charge in [-0.2, -0.15) is 0 Å². The van der Waals surface area contributed by atoms with Crippen LogP contribution in [0.1, 0.15) is 36.0 Å². The first-order valence-corrected chi connectivity index (χ1v) is 12.6. The van der Waals surface area contributed by atoms with Crippen LogP contribution in [0, 0.1) is 29.3 Å². The molecule has 0 aliphatic heterocycles. The highest BCUT2D eigenvalue weighted by molar-refractivity contribution is 7.92. The molecule has 1 amide bonds. The number of rotatable bonds is 5. The van der Waals surface area contributed by atoms with Crippen LogP contribution >= 0.6 is 11.6 Å². The predicted octanol–water partition coefficient (Wildman–Crippen LogP) is 3.88. The number of fused-ring (bicyclic) bond motifs is 2. The fourth-order valence-electron chi connectivity index (χ4n) is 5.23. The highest BCUT2D eigenvalue weighted by Gasteiger charge is 2.57. The van der Waals surface area contributed by atoms with E-state index in [1.165, 1.54) is 12.1 Å². The molecule has 4 rings (SSSR count). The van der Waals surface area contributed by atoms with Gasteiger partial charge in [0.15, 0.2) is 32.9 Å². The molecule has 2 aromatic rings. The molecule has 2 N–H and O–H groups in total. The minimum Gasteiger partial charge on any atom is -0.467 e. The molecule has 4 atom stereocenters. The Morgan fingerprint density at radius 1 is 1.09 bits per heavy atom. The molecule has 2 aliphatic carbocycles. The van der Waals surface area contributed by atoms with Crippen molar-refractivity contribution in [2.75, 3.05) is 12.4 Å². The average molecular weight is 532 g/mol. The largest absolute Gasteiger partial charge is 0.467 e. The van der Waals surface area contributed by atoms with Crippen LogP contribution in [-0.2, 0) is 19.4 Å². The normalized spacial score (nSPS) is 25.8. The highest BCUT2D eigenvalue weighted by Crippen LogP contribution is 2.51. The summed E-state index contributed by atoms with van der Waals surface area (Å²) in [5.74, 6) is -7.45. The van der Waals surface area contributed by atoms with Crippen LogP contribution < -0.4 is 5.32 Å². The van der Waals surface area contributed by atoms with E-state index in [4.69, 9.17) is 11.6 Å². The van der Waals surface area contributed by atoms with E-state index in [1.54, 1.807) is 0 Å². The van der Waals surface area contributed by atoms with Gasteiger partial charge in [0.2, 0.25) is 0 Å². The van der Waals surface area contributed by atoms with Gasteiger partial charge in [0.25, 0.3) is 5.91 Å². The highest BCUT2D eigenvalue weighted by atomic mass is 35.5. The van der Waals surface area contributed by atoms with Crippen molar-refractivity contribution in [3.63, 3.8) is 0 Å². The molecule has 3 unspecified atom stereocenters. The molecule has 0 radical (unpaired) electrons. The lowest BCUT2D eigenvalue weighted by Crippen LogP contribution is -2.50. The Morgan fingerprint density at radius 3 is 2.20 bits per heavy atom. The summed E-state index contributed by atoms with van der Waals surface area (Å²) in [5.41, 5.74) is -2.29. The first kappa shape index (κ1) is 25.5.